The lowest BCUT2D eigenvalue weighted by Crippen LogP contribution is -2.01. The summed E-state index contributed by atoms with van der Waals surface area (Å²) in [5.74, 6) is 0.519. The van der Waals surface area contributed by atoms with Gasteiger partial charge in [0, 0.05) is 5.02 Å². The van der Waals surface area contributed by atoms with E-state index in [0.717, 1.165) is 12.0 Å². The summed E-state index contributed by atoms with van der Waals surface area (Å²) in [4.78, 5) is 11.6. The summed E-state index contributed by atoms with van der Waals surface area (Å²) in [5, 5.41) is 0.537. The molecule has 20 heavy (non-hydrogen) atoms. The van der Waals surface area contributed by atoms with E-state index in [1.807, 2.05) is 12.1 Å². The molecular weight excluding hydrogens is 272 g/mol. The fourth-order valence-electron chi connectivity index (χ4n) is 1.94. The molecule has 0 amide bonds. The van der Waals surface area contributed by atoms with Crippen LogP contribution in [0, 0.1) is 0 Å². The van der Waals surface area contributed by atoms with Crippen molar-refractivity contribution in [3.8, 4) is 5.75 Å². The average Bonchev–Trinajstić information content (AvgIpc) is 2.46. The van der Waals surface area contributed by atoms with Gasteiger partial charge in [0.05, 0.1) is 5.56 Å². The van der Waals surface area contributed by atoms with Gasteiger partial charge in [-0.2, -0.15) is 0 Å². The zero-order valence-electron chi connectivity index (χ0n) is 11.7. The van der Waals surface area contributed by atoms with Gasteiger partial charge in [-0.05, 0) is 42.7 Å². The van der Waals surface area contributed by atoms with Crippen molar-refractivity contribution in [3.63, 3.8) is 0 Å². The molecule has 0 aromatic heterocycles. The monoisotopic (exact) mass is 288 g/mol. The molecule has 0 saturated carbocycles. The summed E-state index contributed by atoms with van der Waals surface area (Å²) >= 11 is 5.90. The van der Waals surface area contributed by atoms with E-state index in [4.69, 9.17) is 16.3 Å². The van der Waals surface area contributed by atoms with Crippen LogP contribution < -0.4 is 4.74 Å². The minimum absolute atomic E-state index is 0.0520. The number of aryl methyl sites for hydroxylation is 1. The second-order valence-corrected chi connectivity index (χ2v) is 5.09. The Bertz CT molecular complexity index is 603. The van der Waals surface area contributed by atoms with E-state index >= 15 is 0 Å². The van der Waals surface area contributed by atoms with Crippen LogP contribution in [0.4, 0.5) is 0 Å². The summed E-state index contributed by atoms with van der Waals surface area (Å²) in [6.07, 6.45) is 1.02. The first-order valence-corrected chi connectivity index (χ1v) is 6.99. The van der Waals surface area contributed by atoms with Gasteiger partial charge in [-0.3, -0.25) is 4.79 Å². The smallest absolute Gasteiger partial charge is 0.163 e. The van der Waals surface area contributed by atoms with Crippen LogP contribution in [0.15, 0.2) is 42.5 Å². The van der Waals surface area contributed by atoms with Crippen molar-refractivity contribution in [2.24, 2.45) is 0 Å². The molecule has 2 rings (SSSR count). The first kappa shape index (κ1) is 14.6. The number of ether oxygens (including phenoxy) is 1. The molecule has 2 nitrogen and oxygen atoms in total. The normalized spacial score (nSPS) is 10.3. The van der Waals surface area contributed by atoms with Crippen molar-refractivity contribution in [1.82, 2.24) is 0 Å². The van der Waals surface area contributed by atoms with Gasteiger partial charge < -0.3 is 4.74 Å². The molecule has 104 valence electrons. The van der Waals surface area contributed by atoms with Crippen LogP contribution in [0.1, 0.15) is 35.3 Å². The van der Waals surface area contributed by atoms with Crippen molar-refractivity contribution in [2.45, 2.75) is 26.9 Å². The van der Waals surface area contributed by atoms with Crippen LogP contribution >= 0.6 is 11.6 Å². The topological polar surface area (TPSA) is 26.3 Å². The van der Waals surface area contributed by atoms with Gasteiger partial charge in [-0.15, -0.1) is 0 Å². The number of carbonyl (C=O) groups excluding carboxylic acids is 1. The first-order valence-electron chi connectivity index (χ1n) is 6.61. The maximum absolute atomic E-state index is 11.6. The number of ketones is 1. The molecular formula is C17H17ClO2. The van der Waals surface area contributed by atoms with E-state index in [1.165, 1.54) is 12.5 Å². The molecule has 0 fully saturated rings. The Morgan fingerprint density at radius 1 is 1.10 bits per heavy atom. The lowest BCUT2D eigenvalue weighted by Gasteiger charge is -2.10. The molecule has 2 aromatic carbocycles. The van der Waals surface area contributed by atoms with Gasteiger partial charge in [-0.1, -0.05) is 42.8 Å². The van der Waals surface area contributed by atoms with E-state index in [0.29, 0.717) is 22.9 Å². The van der Waals surface area contributed by atoms with Crippen LogP contribution in [-0.4, -0.2) is 5.78 Å². The van der Waals surface area contributed by atoms with Crippen molar-refractivity contribution in [1.29, 1.82) is 0 Å². The molecule has 2 aromatic rings. The zero-order chi connectivity index (χ0) is 14.5. The molecule has 0 aliphatic carbocycles. The highest BCUT2D eigenvalue weighted by atomic mass is 35.5. The van der Waals surface area contributed by atoms with E-state index < -0.39 is 0 Å². The minimum atomic E-state index is -0.0520. The third-order valence-corrected chi connectivity index (χ3v) is 3.38. The van der Waals surface area contributed by atoms with Crippen molar-refractivity contribution >= 4 is 17.4 Å². The van der Waals surface area contributed by atoms with Crippen LogP contribution in [0.25, 0.3) is 0 Å². The molecule has 0 atom stereocenters. The molecule has 0 unspecified atom stereocenters. The second-order valence-electron chi connectivity index (χ2n) is 4.66. The second kappa shape index (κ2) is 6.58. The number of Topliss-reactive ketones (excluding diaryl/α,β-unsaturated/α-hetero) is 1. The highest BCUT2D eigenvalue weighted by molar-refractivity contribution is 6.31. The Hall–Kier alpha value is -1.80. The predicted molar refractivity (Wildman–Crippen MR) is 81.6 cm³/mol. The Labute approximate surface area is 124 Å². The van der Waals surface area contributed by atoms with E-state index in [1.54, 1.807) is 18.2 Å². The Morgan fingerprint density at radius 3 is 2.35 bits per heavy atom. The van der Waals surface area contributed by atoms with Crippen LogP contribution in [0.5, 0.6) is 5.75 Å². The molecule has 0 aliphatic rings. The Kier molecular flexibility index (Phi) is 4.80. The predicted octanol–water partition coefficient (Wildman–Crippen LogP) is 4.68. The third kappa shape index (κ3) is 3.61. The number of benzene rings is 2. The fourth-order valence-corrected chi connectivity index (χ4v) is 2.11. The Morgan fingerprint density at radius 2 is 1.75 bits per heavy atom. The van der Waals surface area contributed by atoms with Crippen molar-refractivity contribution < 1.29 is 9.53 Å². The zero-order valence-corrected chi connectivity index (χ0v) is 12.4. The number of rotatable bonds is 5. The summed E-state index contributed by atoms with van der Waals surface area (Å²) in [6, 6.07) is 13.4. The molecule has 0 heterocycles. The van der Waals surface area contributed by atoms with E-state index in [9.17, 15) is 4.79 Å². The van der Waals surface area contributed by atoms with E-state index in [2.05, 4.69) is 19.1 Å². The molecule has 0 spiro atoms. The van der Waals surface area contributed by atoms with Gasteiger partial charge in [0.25, 0.3) is 0 Å². The minimum Gasteiger partial charge on any atom is -0.488 e. The number of hydrogen-bond acceptors (Lipinski definition) is 2. The summed E-state index contributed by atoms with van der Waals surface area (Å²) in [5.41, 5.74) is 2.89. The van der Waals surface area contributed by atoms with Crippen molar-refractivity contribution in [2.75, 3.05) is 0 Å². The van der Waals surface area contributed by atoms with Gasteiger partial charge >= 0.3 is 0 Å². The van der Waals surface area contributed by atoms with Crippen molar-refractivity contribution in [3.05, 3.63) is 64.2 Å². The van der Waals surface area contributed by atoms with Gasteiger partial charge in [0.2, 0.25) is 0 Å². The number of hydrogen-bond donors (Lipinski definition) is 0. The SMILES string of the molecule is CCc1ccc(COc2ccc(Cl)cc2C(C)=O)cc1. The molecule has 0 saturated heterocycles. The maximum Gasteiger partial charge on any atom is 0.163 e. The average molecular weight is 289 g/mol. The first-order chi connectivity index (χ1) is 9.60. The molecule has 0 bridgehead atoms. The van der Waals surface area contributed by atoms with Gasteiger partial charge in [-0.25, -0.2) is 0 Å². The van der Waals surface area contributed by atoms with E-state index in [-0.39, 0.29) is 5.78 Å². The molecule has 0 aliphatic heterocycles. The summed E-state index contributed by atoms with van der Waals surface area (Å²) in [7, 11) is 0. The third-order valence-electron chi connectivity index (χ3n) is 3.15. The van der Waals surface area contributed by atoms with Gasteiger partial charge in [0.15, 0.2) is 5.78 Å². The highest BCUT2D eigenvalue weighted by Crippen LogP contribution is 2.24. The Balaban J connectivity index is 2.12. The summed E-state index contributed by atoms with van der Waals surface area (Å²) in [6.45, 7) is 4.07. The quantitative estimate of drug-likeness (QED) is 0.747. The van der Waals surface area contributed by atoms with Gasteiger partial charge in [0.1, 0.15) is 12.4 Å². The molecule has 0 radical (unpaired) electrons. The largest absolute Gasteiger partial charge is 0.488 e. The number of halogens is 1. The van der Waals surface area contributed by atoms with Crippen LogP contribution in [0.3, 0.4) is 0 Å². The lowest BCUT2D eigenvalue weighted by atomic mass is 10.1. The molecule has 0 N–H and O–H groups in total. The standard InChI is InChI=1S/C17H17ClO2/c1-3-13-4-6-14(7-5-13)11-20-17-9-8-15(18)10-16(17)12(2)19/h4-10H,3,11H2,1-2H3. The maximum atomic E-state index is 11.6. The van der Waals surface area contributed by atoms with Crippen LogP contribution in [0.2, 0.25) is 5.02 Å². The fraction of sp³-hybridized carbons (Fsp3) is 0.235. The molecule has 3 heteroatoms. The summed E-state index contributed by atoms with van der Waals surface area (Å²) < 4.78 is 5.73. The number of carbonyl (C=O) groups is 1. The highest BCUT2D eigenvalue weighted by Gasteiger charge is 2.09. The lowest BCUT2D eigenvalue weighted by molar-refractivity contribution is 0.101. The van der Waals surface area contributed by atoms with Crippen LogP contribution in [-0.2, 0) is 13.0 Å².